The van der Waals surface area contributed by atoms with Crippen molar-refractivity contribution in [2.75, 3.05) is 12.0 Å². The Kier molecular flexibility index (Phi) is 8.00. The summed E-state index contributed by atoms with van der Waals surface area (Å²) in [4.78, 5) is 30.5. The first-order chi connectivity index (χ1) is 19.0. The molecule has 0 saturated heterocycles. The summed E-state index contributed by atoms with van der Waals surface area (Å²) in [5.74, 6) is 1.38. The van der Waals surface area contributed by atoms with Gasteiger partial charge in [-0.3, -0.25) is 14.5 Å². The highest BCUT2D eigenvalue weighted by atomic mass is 16.5. The first kappa shape index (κ1) is 26.1. The number of ether oxygens (including phenoxy) is 1. The van der Waals surface area contributed by atoms with Crippen LogP contribution in [0.3, 0.4) is 0 Å². The van der Waals surface area contributed by atoms with Crippen LogP contribution in [0.5, 0.6) is 5.75 Å². The maximum absolute atomic E-state index is 14.0. The molecule has 5 rings (SSSR count). The molecular weight excluding hydrogens is 496 g/mol. The fraction of sp³-hybridized carbons (Fsp3) is 0.345. The molecule has 1 aliphatic carbocycles. The second kappa shape index (κ2) is 11.9. The van der Waals surface area contributed by atoms with Crippen LogP contribution in [0.4, 0.5) is 5.69 Å². The van der Waals surface area contributed by atoms with E-state index in [0.717, 1.165) is 31.2 Å². The number of nitrogens with one attached hydrogen (secondary N) is 1. The minimum Gasteiger partial charge on any atom is -0.497 e. The summed E-state index contributed by atoms with van der Waals surface area (Å²) in [6.07, 6.45) is 5.13. The highest BCUT2D eigenvalue weighted by Crippen LogP contribution is 2.31. The number of anilines is 1. The van der Waals surface area contributed by atoms with E-state index in [-0.39, 0.29) is 18.5 Å². The predicted octanol–water partition coefficient (Wildman–Crippen LogP) is 4.47. The molecule has 2 amide bonds. The molecule has 1 saturated carbocycles. The van der Waals surface area contributed by atoms with Gasteiger partial charge in [0, 0.05) is 17.3 Å². The lowest BCUT2D eigenvalue weighted by Crippen LogP contribution is -2.48. The summed E-state index contributed by atoms with van der Waals surface area (Å²) in [5.41, 5.74) is 1.31. The molecule has 1 atom stereocenters. The van der Waals surface area contributed by atoms with Crippen LogP contribution >= 0.6 is 0 Å². The molecule has 2 aromatic heterocycles. The third-order valence-electron chi connectivity index (χ3n) is 6.87. The molecule has 39 heavy (non-hydrogen) atoms. The molecule has 1 fully saturated rings. The monoisotopic (exact) mass is 528 g/mol. The average Bonchev–Trinajstić information content (AvgIpc) is 3.61. The SMILES string of the molecule is COc1ccc(N(C(=O)Cn2nnc(-c3ccccc3)n2)[C@@H](C(=O)NC2CCCCC2)c2ccc(C)o2)cc1. The zero-order valence-corrected chi connectivity index (χ0v) is 22.1. The van der Waals surface area contributed by atoms with Crippen LogP contribution in [0.1, 0.15) is 49.7 Å². The van der Waals surface area contributed by atoms with Crippen molar-refractivity contribution in [3.8, 4) is 17.1 Å². The van der Waals surface area contributed by atoms with Crippen LogP contribution in [0.2, 0.25) is 0 Å². The van der Waals surface area contributed by atoms with Gasteiger partial charge in [-0.05, 0) is 61.4 Å². The van der Waals surface area contributed by atoms with E-state index in [1.165, 1.54) is 16.1 Å². The van der Waals surface area contributed by atoms with Gasteiger partial charge in [-0.25, -0.2) is 0 Å². The Morgan fingerprint density at radius 3 is 2.46 bits per heavy atom. The van der Waals surface area contributed by atoms with Gasteiger partial charge in [0.15, 0.2) is 6.04 Å². The van der Waals surface area contributed by atoms with Crippen LogP contribution in [0.15, 0.2) is 71.1 Å². The number of carbonyl (C=O) groups excluding carboxylic acids is 2. The van der Waals surface area contributed by atoms with Gasteiger partial charge in [-0.15, -0.1) is 10.2 Å². The van der Waals surface area contributed by atoms with Crippen LogP contribution in [-0.2, 0) is 16.1 Å². The molecule has 1 aliphatic rings. The Hall–Kier alpha value is -4.47. The molecule has 202 valence electrons. The molecule has 0 bridgehead atoms. The van der Waals surface area contributed by atoms with Crippen molar-refractivity contribution in [1.82, 2.24) is 25.5 Å². The Labute approximate surface area is 227 Å². The van der Waals surface area contributed by atoms with Crippen molar-refractivity contribution in [1.29, 1.82) is 0 Å². The number of aromatic nitrogens is 4. The van der Waals surface area contributed by atoms with Crippen molar-refractivity contribution >= 4 is 17.5 Å². The number of benzene rings is 2. The fourth-order valence-electron chi connectivity index (χ4n) is 4.89. The topological polar surface area (TPSA) is 115 Å². The first-order valence-electron chi connectivity index (χ1n) is 13.2. The summed E-state index contributed by atoms with van der Waals surface area (Å²) in [5, 5.41) is 15.8. The Morgan fingerprint density at radius 2 is 1.79 bits per heavy atom. The number of amides is 2. The minimum absolute atomic E-state index is 0.0584. The van der Waals surface area contributed by atoms with Crippen molar-refractivity contribution in [2.24, 2.45) is 0 Å². The molecule has 1 N–H and O–H groups in total. The summed E-state index contributed by atoms with van der Waals surface area (Å²) in [6, 6.07) is 19.0. The van der Waals surface area contributed by atoms with Crippen molar-refractivity contribution < 1.29 is 18.7 Å². The highest BCUT2D eigenvalue weighted by molar-refractivity contribution is 6.01. The average molecular weight is 529 g/mol. The molecule has 0 spiro atoms. The molecule has 0 unspecified atom stereocenters. The number of nitrogens with zero attached hydrogens (tertiary/aromatic N) is 5. The summed E-state index contributed by atoms with van der Waals surface area (Å²) >= 11 is 0. The van der Waals surface area contributed by atoms with Gasteiger partial charge in [-0.2, -0.15) is 4.80 Å². The van der Waals surface area contributed by atoms with E-state index in [1.807, 2.05) is 37.3 Å². The van der Waals surface area contributed by atoms with E-state index in [4.69, 9.17) is 9.15 Å². The van der Waals surface area contributed by atoms with Crippen LogP contribution < -0.4 is 15.0 Å². The van der Waals surface area contributed by atoms with Gasteiger partial charge in [0.05, 0.1) is 7.11 Å². The van der Waals surface area contributed by atoms with Crippen LogP contribution in [-0.4, -0.2) is 45.2 Å². The molecule has 4 aromatic rings. The molecule has 10 nitrogen and oxygen atoms in total. The molecule has 10 heteroatoms. The molecule has 0 aliphatic heterocycles. The van der Waals surface area contributed by atoms with E-state index in [9.17, 15) is 9.59 Å². The van der Waals surface area contributed by atoms with E-state index in [2.05, 4.69) is 20.7 Å². The second-order valence-electron chi connectivity index (χ2n) is 9.67. The van der Waals surface area contributed by atoms with Crippen LogP contribution in [0, 0.1) is 6.92 Å². The van der Waals surface area contributed by atoms with Gasteiger partial charge in [0.2, 0.25) is 5.82 Å². The van der Waals surface area contributed by atoms with Crippen molar-refractivity contribution in [2.45, 2.75) is 57.7 Å². The highest BCUT2D eigenvalue weighted by Gasteiger charge is 2.36. The van der Waals surface area contributed by atoms with Crippen molar-refractivity contribution in [3.63, 3.8) is 0 Å². The zero-order valence-electron chi connectivity index (χ0n) is 22.1. The summed E-state index contributed by atoms with van der Waals surface area (Å²) < 4.78 is 11.2. The van der Waals surface area contributed by atoms with E-state index < -0.39 is 11.9 Å². The van der Waals surface area contributed by atoms with Crippen molar-refractivity contribution in [3.05, 3.63) is 78.3 Å². The maximum Gasteiger partial charge on any atom is 0.251 e. The van der Waals surface area contributed by atoms with E-state index in [0.29, 0.717) is 28.8 Å². The van der Waals surface area contributed by atoms with Gasteiger partial charge < -0.3 is 14.5 Å². The molecule has 2 heterocycles. The third kappa shape index (κ3) is 6.17. The number of furan rings is 1. The number of carbonyl (C=O) groups is 2. The molecule has 0 radical (unpaired) electrons. The van der Waals surface area contributed by atoms with Gasteiger partial charge >= 0.3 is 0 Å². The summed E-state index contributed by atoms with van der Waals surface area (Å²) in [6.45, 7) is 1.59. The molecular formula is C29H32N6O4. The largest absolute Gasteiger partial charge is 0.497 e. The lowest BCUT2D eigenvalue weighted by Gasteiger charge is -2.32. The Balaban J connectivity index is 1.49. The quantitative estimate of drug-likeness (QED) is 0.341. The number of hydrogen-bond acceptors (Lipinski definition) is 7. The van der Waals surface area contributed by atoms with E-state index in [1.54, 1.807) is 43.5 Å². The maximum atomic E-state index is 14.0. The minimum atomic E-state index is -1.03. The van der Waals surface area contributed by atoms with Gasteiger partial charge in [0.1, 0.15) is 23.8 Å². The second-order valence-corrected chi connectivity index (χ2v) is 9.67. The normalized spacial score (nSPS) is 14.5. The first-order valence-corrected chi connectivity index (χ1v) is 13.2. The van der Waals surface area contributed by atoms with Gasteiger partial charge in [0.25, 0.3) is 11.8 Å². The standard InChI is InChI=1S/C29H32N6O4/c1-20-13-18-25(39-20)27(29(37)30-22-11-7-4-8-12-22)35(23-14-16-24(38-2)17-15-23)26(36)19-34-32-28(31-33-34)21-9-5-3-6-10-21/h3,5-6,9-10,13-18,22,27H,4,7-8,11-12,19H2,1-2H3,(H,30,37)/t27-/m1/s1. The summed E-state index contributed by atoms with van der Waals surface area (Å²) in [7, 11) is 1.57. The number of aryl methyl sites for hydroxylation is 1. The number of rotatable bonds is 9. The molecule has 2 aromatic carbocycles. The fourth-order valence-corrected chi connectivity index (χ4v) is 4.89. The smallest absolute Gasteiger partial charge is 0.251 e. The number of tetrazole rings is 1. The predicted molar refractivity (Wildman–Crippen MR) is 145 cm³/mol. The van der Waals surface area contributed by atoms with Crippen LogP contribution in [0.25, 0.3) is 11.4 Å². The third-order valence-corrected chi connectivity index (χ3v) is 6.87. The number of methoxy groups -OCH3 is 1. The zero-order chi connectivity index (χ0) is 27.2. The van der Waals surface area contributed by atoms with E-state index >= 15 is 0 Å². The lowest BCUT2D eigenvalue weighted by molar-refractivity contribution is -0.128. The lowest BCUT2D eigenvalue weighted by atomic mass is 9.95. The number of hydrogen-bond donors (Lipinski definition) is 1. The Bertz CT molecular complexity index is 1390. The Morgan fingerprint density at radius 1 is 1.05 bits per heavy atom. The van der Waals surface area contributed by atoms with Gasteiger partial charge in [-0.1, -0.05) is 49.6 Å².